The van der Waals surface area contributed by atoms with E-state index >= 15 is 0 Å². The zero-order chi connectivity index (χ0) is 17.7. The summed E-state index contributed by atoms with van der Waals surface area (Å²) in [5.74, 6) is -1.00. The lowest BCUT2D eigenvalue weighted by Crippen LogP contribution is -2.16. The maximum Gasteiger partial charge on any atom is 0.311 e. The quantitative estimate of drug-likeness (QED) is 0.842. The zero-order valence-corrected chi connectivity index (χ0v) is 13.7. The first-order valence-electron chi connectivity index (χ1n) is 7.27. The molecule has 0 heterocycles. The van der Waals surface area contributed by atoms with Crippen LogP contribution in [0, 0.1) is 5.82 Å². The number of hydrogen-bond acceptors (Lipinski definition) is 4. The first-order chi connectivity index (χ1) is 11.5. The van der Waals surface area contributed by atoms with E-state index in [1.165, 1.54) is 39.5 Å². The fraction of sp³-hybridized carbons (Fsp3) is 0.278. The molecule has 1 atom stereocenters. The molecule has 6 heteroatoms. The highest BCUT2D eigenvalue weighted by Gasteiger charge is 2.26. The lowest BCUT2D eigenvalue weighted by molar-refractivity contribution is -0.138. The number of rotatable bonds is 7. The summed E-state index contributed by atoms with van der Waals surface area (Å²) in [7, 11) is 4.43. The van der Waals surface area contributed by atoms with Crippen molar-refractivity contribution < 1.29 is 28.5 Å². The number of carbonyl (C=O) groups is 1. The van der Waals surface area contributed by atoms with Crippen LogP contribution in [0.1, 0.15) is 17.0 Å². The van der Waals surface area contributed by atoms with Crippen LogP contribution in [0.25, 0.3) is 0 Å². The van der Waals surface area contributed by atoms with E-state index in [-0.39, 0.29) is 6.42 Å². The van der Waals surface area contributed by atoms with E-state index in [9.17, 15) is 14.3 Å². The molecular formula is C18H19FO5. The van der Waals surface area contributed by atoms with Gasteiger partial charge in [0.05, 0.1) is 27.2 Å². The van der Waals surface area contributed by atoms with Gasteiger partial charge in [0.15, 0.2) is 0 Å². The minimum absolute atomic E-state index is 0.0684. The number of aliphatic carboxylic acids is 1. The van der Waals surface area contributed by atoms with Crippen molar-refractivity contribution in [3.05, 3.63) is 53.3 Å². The Morgan fingerprint density at radius 3 is 2.33 bits per heavy atom. The summed E-state index contributed by atoms with van der Waals surface area (Å²) in [6.45, 7) is 0. The van der Waals surface area contributed by atoms with Crippen LogP contribution in [0.2, 0.25) is 0 Å². The third kappa shape index (κ3) is 3.76. The van der Waals surface area contributed by atoms with Gasteiger partial charge in [0.2, 0.25) is 0 Å². The molecule has 2 aromatic carbocycles. The second-order valence-electron chi connectivity index (χ2n) is 5.16. The summed E-state index contributed by atoms with van der Waals surface area (Å²) >= 11 is 0. The highest BCUT2D eigenvalue weighted by atomic mass is 19.1. The molecule has 0 aliphatic heterocycles. The van der Waals surface area contributed by atoms with E-state index in [0.717, 1.165) is 0 Å². The summed E-state index contributed by atoms with van der Waals surface area (Å²) in [5, 5.41) is 9.65. The first-order valence-corrected chi connectivity index (χ1v) is 7.27. The number of benzene rings is 2. The number of carboxylic acids is 1. The predicted molar refractivity (Wildman–Crippen MR) is 86.6 cm³/mol. The van der Waals surface area contributed by atoms with E-state index in [1.54, 1.807) is 18.2 Å². The van der Waals surface area contributed by atoms with Gasteiger partial charge in [0, 0.05) is 11.6 Å². The van der Waals surface area contributed by atoms with Crippen molar-refractivity contribution in [1.29, 1.82) is 0 Å². The highest BCUT2D eigenvalue weighted by molar-refractivity contribution is 5.78. The van der Waals surface area contributed by atoms with Crippen LogP contribution in [0.5, 0.6) is 17.2 Å². The highest BCUT2D eigenvalue weighted by Crippen LogP contribution is 2.34. The van der Waals surface area contributed by atoms with E-state index in [2.05, 4.69) is 0 Å². The van der Waals surface area contributed by atoms with Gasteiger partial charge < -0.3 is 19.3 Å². The van der Waals surface area contributed by atoms with E-state index in [0.29, 0.717) is 28.4 Å². The number of carboxylic acid groups (broad SMARTS) is 1. The third-order valence-electron chi connectivity index (χ3n) is 3.78. The van der Waals surface area contributed by atoms with E-state index in [4.69, 9.17) is 14.2 Å². The van der Waals surface area contributed by atoms with Crippen molar-refractivity contribution in [3.8, 4) is 17.2 Å². The molecule has 0 aliphatic carbocycles. The van der Waals surface area contributed by atoms with Crippen LogP contribution in [0.15, 0.2) is 36.4 Å². The molecule has 0 bridgehead atoms. The Labute approximate surface area is 139 Å². The van der Waals surface area contributed by atoms with Crippen molar-refractivity contribution in [2.45, 2.75) is 12.3 Å². The van der Waals surface area contributed by atoms with Gasteiger partial charge >= 0.3 is 5.97 Å². The lowest BCUT2D eigenvalue weighted by atomic mass is 9.90. The molecule has 0 fully saturated rings. The molecule has 0 aliphatic rings. The van der Waals surface area contributed by atoms with E-state index < -0.39 is 17.7 Å². The van der Waals surface area contributed by atoms with Crippen LogP contribution in [-0.2, 0) is 11.2 Å². The standard InChI is InChI=1S/C18H19FO5/c1-22-13-5-6-14(17(10-13)24-3)15(18(20)21)9-11-8-12(19)4-7-16(11)23-2/h4-8,10,15H,9H2,1-3H3,(H,20,21). The van der Waals surface area contributed by atoms with Crippen LogP contribution < -0.4 is 14.2 Å². The minimum atomic E-state index is -1.04. The maximum absolute atomic E-state index is 13.5. The molecule has 1 unspecified atom stereocenters. The first kappa shape index (κ1) is 17.6. The zero-order valence-electron chi connectivity index (χ0n) is 13.7. The fourth-order valence-corrected chi connectivity index (χ4v) is 2.56. The van der Waals surface area contributed by atoms with Crippen molar-refractivity contribution in [2.75, 3.05) is 21.3 Å². The van der Waals surface area contributed by atoms with Crippen LogP contribution in [-0.4, -0.2) is 32.4 Å². The predicted octanol–water partition coefficient (Wildman–Crippen LogP) is 3.26. The molecule has 0 spiro atoms. The Morgan fingerprint density at radius 2 is 1.75 bits per heavy atom. The molecule has 2 aromatic rings. The Kier molecular flexibility index (Phi) is 5.63. The van der Waals surface area contributed by atoms with Crippen molar-refractivity contribution in [3.63, 3.8) is 0 Å². The molecule has 1 N–H and O–H groups in total. The molecule has 5 nitrogen and oxygen atoms in total. The maximum atomic E-state index is 13.5. The molecular weight excluding hydrogens is 315 g/mol. The van der Waals surface area contributed by atoms with Crippen LogP contribution in [0.3, 0.4) is 0 Å². The fourth-order valence-electron chi connectivity index (χ4n) is 2.56. The second-order valence-corrected chi connectivity index (χ2v) is 5.16. The molecule has 0 saturated carbocycles. The average molecular weight is 334 g/mol. The summed E-state index contributed by atoms with van der Waals surface area (Å²) in [6, 6.07) is 8.96. The number of methoxy groups -OCH3 is 3. The Balaban J connectivity index is 2.45. The van der Waals surface area contributed by atoms with Crippen LogP contribution in [0.4, 0.5) is 4.39 Å². The van der Waals surface area contributed by atoms with Gasteiger partial charge in [-0.2, -0.15) is 0 Å². The monoisotopic (exact) mass is 334 g/mol. The Hall–Kier alpha value is -2.76. The summed E-state index contributed by atoms with van der Waals surface area (Å²) < 4.78 is 29.2. The second kappa shape index (κ2) is 7.68. The van der Waals surface area contributed by atoms with E-state index in [1.807, 2.05) is 0 Å². The largest absolute Gasteiger partial charge is 0.497 e. The number of halogens is 1. The molecule has 0 aromatic heterocycles. The molecule has 0 amide bonds. The average Bonchev–Trinajstić information content (AvgIpc) is 2.59. The lowest BCUT2D eigenvalue weighted by Gasteiger charge is -2.18. The molecule has 24 heavy (non-hydrogen) atoms. The SMILES string of the molecule is COc1ccc(C(Cc2cc(F)ccc2OC)C(=O)O)c(OC)c1. The van der Waals surface area contributed by atoms with Gasteiger partial charge in [0.1, 0.15) is 23.1 Å². The minimum Gasteiger partial charge on any atom is -0.497 e. The Morgan fingerprint density at radius 1 is 1.04 bits per heavy atom. The smallest absolute Gasteiger partial charge is 0.311 e. The Bertz CT molecular complexity index is 729. The van der Waals surface area contributed by atoms with Crippen molar-refractivity contribution in [1.82, 2.24) is 0 Å². The van der Waals surface area contributed by atoms with Crippen molar-refractivity contribution in [2.24, 2.45) is 0 Å². The van der Waals surface area contributed by atoms with Gasteiger partial charge in [0.25, 0.3) is 0 Å². The number of ether oxygens (including phenoxy) is 3. The van der Waals surface area contributed by atoms with Gasteiger partial charge in [-0.1, -0.05) is 6.07 Å². The summed E-state index contributed by atoms with van der Waals surface area (Å²) in [5.41, 5.74) is 0.958. The van der Waals surface area contributed by atoms with Gasteiger partial charge in [-0.25, -0.2) is 4.39 Å². The summed E-state index contributed by atoms with van der Waals surface area (Å²) in [6.07, 6.45) is 0.0684. The summed E-state index contributed by atoms with van der Waals surface area (Å²) in [4.78, 5) is 11.8. The molecule has 0 radical (unpaired) electrons. The van der Waals surface area contributed by atoms with Gasteiger partial charge in [-0.05, 0) is 36.2 Å². The topological polar surface area (TPSA) is 65.0 Å². The third-order valence-corrected chi connectivity index (χ3v) is 3.78. The molecule has 2 rings (SSSR count). The van der Waals surface area contributed by atoms with Gasteiger partial charge in [-0.15, -0.1) is 0 Å². The van der Waals surface area contributed by atoms with Crippen molar-refractivity contribution >= 4 is 5.97 Å². The van der Waals surface area contributed by atoms with Crippen LogP contribution >= 0.6 is 0 Å². The number of hydrogen-bond donors (Lipinski definition) is 1. The van der Waals surface area contributed by atoms with Gasteiger partial charge in [-0.3, -0.25) is 4.79 Å². The molecule has 128 valence electrons. The molecule has 0 saturated heterocycles. The normalized spacial score (nSPS) is 11.7.